The van der Waals surface area contributed by atoms with E-state index in [2.05, 4.69) is 32.0 Å². The summed E-state index contributed by atoms with van der Waals surface area (Å²) in [6.45, 7) is 4.45. The summed E-state index contributed by atoms with van der Waals surface area (Å²) in [5.41, 5.74) is 4.50. The van der Waals surface area contributed by atoms with Crippen molar-refractivity contribution in [1.82, 2.24) is 0 Å². The largest absolute Gasteiger partial charge is 0.0564 e. The molecule has 3 atom stereocenters. The lowest BCUT2D eigenvalue weighted by atomic mass is 9.82. The van der Waals surface area contributed by atoms with Crippen LogP contribution < -0.4 is 0 Å². The number of hydrogen-bond acceptors (Lipinski definition) is 0. The molecule has 0 saturated heterocycles. The average molecular weight is 200 g/mol. The molecular weight excluding hydrogens is 180 g/mol. The molecule has 0 nitrogen and oxygen atoms in total. The molecule has 80 valence electrons. The standard InChI is InChI=1S/C15H20/c1-10-5-11(2)7-14(6-10)15-9-12-3-4-13(15)8-12/h5-7,12-13,15H,3-4,8-9H2,1-2H3/t12-,13+,15+/m0/s1. The van der Waals surface area contributed by atoms with Crippen molar-refractivity contribution < 1.29 is 0 Å². The van der Waals surface area contributed by atoms with Crippen molar-refractivity contribution >= 4 is 0 Å². The van der Waals surface area contributed by atoms with E-state index in [1.807, 2.05) is 0 Å². The van der Waals surface area contributed by atoms with Crippen molar-refractivity contribution in [3.05, 3.63) is 34.9 Å². The van der Waals surface area contributed by atoms with Gasteiger partial charge in [-0.2, -0.15) is 0 Å². The highest BCUT2D eigenvalue weighted by atomic mass is 14.4. The summed E-state index contributed by atoms with van der Waals surface area (Å²) in [7, 11) is 0. The number of aryl methyl sites for hydroxylation is 2. The van der Waals surface area contributed by atoms with E-state index in [9.17, 15) is 0 Å². The van der Waals surface area contributed by atoms with Gasteiger partial charge in [-0.1, -0.05) is 35.7 Å². The maximum Gasteiger partial charge on any atom is -0.0131 e. The van der Waals surface area contributed by atoms with E-state index in [4.69, 9.17) is 0 Å². The SMILES string of the molecule is Cc1cc(C)cc([C@@H]2C[C@H]3CC[C@@H]2C3)c1. The van der Waals surface area contributed by atoms with Gasteiger partial charge in [-0.15, -0.1) is 0 Å². The minimum absolute atomic E-state index is 0.891. The molecule has 3 rings (SSSR count). The fourth-order valence-corrected chi connectivity index (χ4v) is 3.88. The zero-order chi connectivity index (χ0) is 10.4. The molecule has 15 heavy (non-hydrogen) atoms. The van der Waals surface area contributed by atoms with Gasteiger partial charge in [-0.3, -0.25) is 0 Å². The molecule has 0 aliphatic heterocycles. The van der Waals surface area contributed by atoms with Crippen molar-refractivity contribution in [3.8, 4) is 0 Å². The lowest BCUT2D eigenvalue weighted by molar-refractivity contribution is 0.420. The van der Waals surface area contributed by atoms with Crippen LogP contribution in [0.3, 0.4) is 0 Å². The highest BCUT2D eigenvalue weighted by Gasteiger charge is 2.39. The molecule has 0 aromatic heterocycles. The Labute approximate surface area is 92.7 Å². The van der Waals surface area contributed by atoms with Gasteiger partial charge in [0.15, 0.2) is 0 Å². The van der Waals surface area contributed by atoms with Crippen LogP contribution >= 0.6 is 0 Å². The number of benzene rings is 1. The molecule has 2 fully saturated rings. The maximum atomic E-state index is 2.42. The average Bonchev–Trinajstić information content (AvgIpc) is 2.76. The first-order valence-electron chi connectivity index (χ1n) is 6.30. The van der Waals surface area contributed by atoms with Gasteiger partial charge in [0.2, 0.25) is 0 Å². The lowest BCUT2D eigenvalue weighted by Gasteiger charge is -2.22. The van der Waals surface area contributed by atoms with Crippen LogP contribution in [0.4, 0.5) is 0 Å². The van der Waals surface area contributed by atoms with Gasteiger partial charge < -0.3 is 0 Å². The van der Waals surface area contributed by atoms with Crippen LogP contribution in [0.5, 0.6) is 0 Å². The van der Waals surface area contributed by atoms with E-state index >= 15 is 0 Å². The minimum atomic E-state index is 0.891. The van der Waals surface area contributed by atoms with E-state index < -0.39 is 0 Å². The molecule has 2 aliphatic rings. The molecule has 1 aromatic rings. The molecule has 0 N–H and O–H groups in total. The van der Waals surface area contributed by atoms with E-state index in [0.29, 0.717) is 0 Å². The van der Waals surface area contributed by atoms with E-state index in [-0.39, 0.29) is 0 Å². The lowest BCUT2D eigenvalue weighted by Crippen LogP contribution is -2.08. The Morgan fingerprint density at radius 3 is 2.20 bits per heavy atom. The Balaban J connectivity index is 1.93. The predicted molar refractivity (Wildman–Crippen MR) is 64.1 cm³/mol. The molecule has 2 bridgehead atoms. The van der Waals surface area contributed by atoms with Gasteiger partial charge in [0.05, 0.1) is 0 Å². The Kier molecular flexibility index (Phi) is 2.12. The zero-order valence-electron chi connectivity index (χ0n) is 9.79. The van der Waals surface area contributed by atoms with Crippen LogP contribution in [0.2, 0.25) is 0 Å². The summed E-state index contributed by atoms with van der Waals surface area (Å²) in [6.07, 6.45) is 5.97. The molecule has 2 aliphatic carbocycles. The van der Waals surface area contributed by atoms with Crippen molar-refractivity contribution in [2.24, 2.45) is 11.8 Å². The van der Waals surface area contributed by atoms with Gasteiger partial charge in [0.25, 0.3) is 0 Å². The number of hydrogen-bond donors (Lipinski definition) is 0. The maximum absolute atomic E-state index is 2.42. The van der Waals surface area contributed by atoms with Gasteiger partial charge in [-0.05, 0) is 56.4 Å². The van der Waals surface area contributed by atoms with Crippen LogP contribution in [-0.4, -0.2) is 0 Å². The fourth-order valence-electron chi connectivity index (χ4n) is 3.88. The molecule has 0 unspecified atom stereocenters. The third kappa shape index (κ3) is 1.60. The molecule has 1 aromatic carbocycles. The van der Waals surface area contributed by atoms with Crippen LogP contribution in [0.1, 0.15) is 48.3 Å². The normalized spacial score (nSPS) is 33.6. The summed E-state index contributed by atoms with van der Waals surface area (Å²) in [5.74, 6) is 2.96. The molecule has 0 amide bonds. The Morgan fingerprint density at radius 2 is 1.67 bits per heavy atom. The minimum Gasteiger partial charge on any atom is -0.0564 e. The second-order valence-corrected chi connectivity index (χ2v) is 5.70. The van der Waals surface area contributed by atoms with Gasteiger partial charge in [0.1, 0.15) is 0 Å². The van der Waals surface area contributed by atoms with Crippen molar-refractivity contribution in [1.29, 1.82) is 0 Å². The monoisotopic (exact) mass is 200 g/mol. The molecule has 0 radical (unpaired) electrons. The van der Waals surface area contributed by atoms with E-state index in [1.165, 1.54) is 36.8 Å². The van der Waals surface area contributed by atoms with Crippen molar-refractivity contribution in [2.75, 3.05) is 0 Å². The third-order valence-electron chi connectivity index (χ3n) is 4.41. The highest BCUT2D eigenvalue weighted by Crippen LogP contribution is 2.52. The van der Waals surface area contributed by atoms with Crippen LogP contribution in [0.25, 0.3) is 0 Å². The first-order valence-corrected chi connectivity index (χ1v) is 6.30. The van der Waals surface area contributed by atoms with Gasteiger partial charge in [-0.25, -0.2) is 0 Å². The quantitative estimate of drug-likeness (QED) is 0.637. The summed E-state index contributed by atoms with van der Waals surface area (Å²) in [6, 6.07) is 7.12. The van der Waals surface area contributed by atoms with Crippen LogP contribution in [-0.2, 0) is 0 Å². The van der Waals surface area contributed by atoms with Gasteiger partial charge in [0, 0.05) is 0 Å². The summed E-state index contributed by atoms with van der Waals surface area (Å²) in [5, 5.41) is 0. The summed E-state index contributed by atoms with van der Waals surface area (Å²) >= 11 is 0. The molecule has 0 spiro atoms. The molecule has 0 heterocycles. The Hall–Kier alpha value is -0.780. The first-order chi connectivity index (χ1) is 7.22. The van der Waals surface area contributed by atoms with E-state index in [0.717, 1.165) is 17.8 Å². The smallest absolute Gasteiger partial charge is 0.0131 e. The van der Waals surface area contributed by atoms with Crippen molar-refractivity contribution in [3.63, 3.8) is 0 Å². The third-order valence-corrected chi connectivity index (χ3v) is 4.41. The van der Waals surface area contributed by atoms with Crippen LogP contribution in [0, 0.1) is 25.7 Å². The summed E-state index contributed by atoms with van der Waals surface area (Å²) < 4.78 is 0. The summed E-state index contributed by atoms with van der Waals surface area (Å²) in [4.78, 5) is 0. The molecular formula is C15H20. The van der Waals surface area contributed by atoms with E-state index in [1.54, 1.807) is 5.56 Å². The second-order valence-electron chi connectivity index (χ2n) is 5.70. The number of rotatable bonds is 1. The fraction of sp³-hybridized carbons (Fsp3) is 0.600. The molecule has 2 saturated carbocycles. The second kappa shape index (κ2) is 3.37. The highest BCUT2D eigenvalue weighted by molar-refractivity contribution is 5.32. The van der Waals surface area contributed by atoms with Crippen LogP contribution in [0.15, 0.2) is 18.2 Å². The number of fused-ring (bicyclic) bond motifs is 2. The first kappa shape index (κ1) is 9.45. The molecule has 0 heteroatoms. The Morgan fingerprint density at radius 1 is 0.933 bits per heavy atom. The van der Waals surface area contributed by atoms with Crippen molar-refractivity contribution in [2.45, 2.75) is 45.4 Å². The van der Waals surface area contributed by atoms with Gasteiger partial charge >= 0.3 is 0 Å². The predicted octanol–water partition coefficient (Wildman–Crippen LogP) is 4.21. The Bertz CT molecular complexity index is 357. The zero-order valence-corrected chi connectivity index (χ0v) is 9.79. The topological polar surface area (TPSA) is 0 Å².